The van der Waals surface area contributed by atoms with Crippen molar-refractivity contribution in [3.8, 4) is 5.75 Å². The van der Waals surface area contributed by atoms with E-state index >= 15 is 0 Å². The molecule has 0 aliphatic heterocycles. The fourth-order valence-electron chi connectivity index (χ4n) is 1.49. The third-order valence-electron chi connectivity index (χ3n) is 2.33. The molecule has 0 saturated heterocycles. The summed E-state index contributed by atoms with van der Waals surface area (Å²) in [7, 11) is 1.38. The highest BCUT2D eigenvalue weighted by Gasteiger charge is 2.29. The molecule has 0 unspecified atom stereocenters. The summed E-state index contributed by atoms with van der Waals surface area (Å²) in [5.74, 6) is 0.413. The molecule has 0 bridgehead atoms. The Hall–Kier alpha value is -1.71. The average Bonchev–Trinajstić information content (AvgIpc) is 2.30. The molecule has 0 saturated carbocycles. The van der Waals surface area contributed by atoms with Gasteiger partial charge in [-0.15, -0.1) is 0 Å². The Balaban J connectivity index is 2.90. The fourth-order valence-corrected chi connectivity index (χ4v) is 1.49. The van der Waals surface area contributed by atoms with Crippen LogP contribution in [-0.2, 0) is 9.53 Å². The standard InChI is InChI=1S/C13H19NO3/c1-5-17-11-9-7-6-8-10(11)14-13(2,3)12(15)16-4/h6-9,14H,5H2,1-4H3. The van der Waals surface area contributed by atoms with E-state index in [-0.39, 0.29) is 5.97 Å². The van der Waals surface area contributed by atoms with Gasteiger partial charge >= 0.3 is 5.97 Å². The van der Waals surface area contributed by atoms with Crippen molar-refractivity contribution < 1.29 is 14.3 Å². The van der Waals surface area contributed by atoms with E-state index in [1.807, 2.05) is 31.2 Å². The van der Waals surface area contributed by atoms with Crippen LogP contribution in [0.5, 0.6) is 5.75 Å². The molecule has 94 valence electrons. The zero-order valence-electron chi connectivity index (χ0n) is 10.7. The topological polar surface area (TPSA) is 47.6 Å². The Labute approximate surface area is 102 Å². The molecule has 4 heteroatoms. The van der Waals surface area contributed by atoms with E-state index in [9.17, 15) is 4.79 Å². The van der Waals surface area contributed by atoms with Crippen LogP contribution in [0.2, 0.25) is 0 Å². The molecule has 0 aliphatic carbocycles. The number of nitrogens with one attached hydrogen (secondary N) is 1. The SMILES string of the molecule is CCOc1ccccc1NC(C)(C)C(=O)OC. The number of benzene rings is 1. The minimum atomic E-state index is -0.790. The van der Waals surface area contributed by atoms with Crippen molar-refractivity contribution in [2.75, 3.05) is 19.0 Å². The van der Waals surface area contributed by atoms with Gasteiger partial charge in [0.25, 0.3) is 0 Å². The molecular formula is C13H19NO3. The second kappa shape index (κ2) is 5.57. The summed E-state index contributed by atoms with van der Waals surface area (Å²) in [6, 6.07) is 7.51. The maximum Gasteiger partial charge on any atom is 0.330 e. The molecule has 1 aromatic carbocycles. The Morgan fingerprint density at radius 3 is 2.59 bits per heavy atom. The minimum absolute atomic E-state index is 0.316. The summed E-state index contributed by atoms with van der Waals surface area (Å²) < 4.78 is 10.2. The molecule has 0 aliphatic rings. The van der Waals surface area contributed by atoms with Crippen molar-refractivity contribution in [1.29, 1.82) is 0 Å². The molecular weight excluding hydrogens is 218 g/mol. The van der Waals surface area contributed by atoms with Crippen LogP contribution in [0.3, 0.4) is 0 Å². The van der Waals surface area contributed by atoms with E-state index in [1.54, 1.807) is 13.8 Å². The summed E-state index contributed by atoms with van der Waals surface area (Å²) in [6.07, 6.45) is 0. The summed E-state index contributed by atoms with van der Waals surface area (Å²) in [6.45, 7) is 6.03. The Bertz CT molecular complexity index is 388. The van der Waals surface area contributed by atoms with Crippen LogP contribution in [-0.4, -0.2) is 25.2 Å². The smallest absolute Gasteiger partial charge is 0.330 e. The summed E-state index contributed by atoms with van der Waals surface area (Å²) in [5.41, 5.74) is -0.00755. The number of ether oxygens (including phenoxy) is 2. The lowest BCUT2D eigenvalue weighted by molar-refractivity contribution is -0.144. The predicted octanol–water partition coefficient (Wildman–Crippen LogP) is 2.45. The number of hydrogen-bond donors (Lipinski definition) is 1. The van der Waals surface area contributed by atoms with Gasteiger partial charge in [-0.1, -0.05) is 12.1 Å². The van der Waals surface area contributed by atoms with Crippen molar-refractivity contribution in [3.05, 3.63) is 24.3 Å². The molecule has 1 N–H and O–H groups in total. The highest BCUT2D eigenvalue weighted by molar-refractivity contribution is 5.84. The lowest BCUT2D eigenvalue weighted by Crippen LogP contribution is -2.41. The van der Waals surface area contributed by atoms with E-state index < -0.39 is 5.54 Å². The Morgan fingerprint density at radius 1 is 1.35 bits per heavy atom. The highest BCUT2D eigenvalue weighted by atomic mass is 16.5. The fraction of sp³-hybridized carbons (Fsp3) is 0.462. The number of hydrogen-bond acceptors (Lipinski definition) is 4. The first-order chi connectivity index (χ1) is 8.01. The first kappa shape index (κ1) is 13.4. The third-order valence-corrected chi connectivity index (χ3v) is 2.33. The van der Waals surface area contributed by atoms with Crippen LogP contribution >= 0.6 is 0 Å². The minimum Gasteiger partial charge on any atom is -0.492 e. The number of methoxy groups -OCH3 is 1. The first-order valence-electron chi connectivity index (χ1n) is 5.59. The number of rotatable bonds is 5. The number of carbonyl (C=O) groups is 1. The lowest BCUT2D eigenvalue weighted by Gasteiger charge is -2.25. The van der Waals surface area contributed by atoms with E-state index in [0.29, 0.717) is 6.61 Å². The van der Waals surface area contributed by atoms with Gasteiger partial charge in [-0.25, -0.2) is 4.79 Å². The zero-order chi connectivity index (χ0) is 12.9. The summed E-state index contributed by atoms with van der Waals surface area (Å²) in [5, 5.41) is 3.12. The van der Waals surface area contributed by atoms with E-state index in [2.05, 4.69) is 5.32 Å². The number of esters is 1. The molecule has 0 heterocycles. The quantitative estimate of drug-likeness (QED) is 0.799. The normalized spacial score (nSPS) is 10.8. The highest BCUT2D eigenvalue weighted by Crippen LogP contribution is 2.27. The van der Waals surface area contributed by atoms with Crippen LogP contribution in [0.15, 0.2) is 24.3 Å². The van der Waals surface area contributed by atoms with Gasteiger partial charge in [0.15, 0.2) is 0 Å². The summed E-state index contributed by atoms with van der Waals surface area (Å²) >= 11 is 0. The maximum atomic E-state index is 11.6. The third kappa shape index (κ3) is 3.37. The molecule has 0 spiro atoms. The van der Waals surface area contributed by atoms with E-state index in [0.717, 1.165) is 11.4 Å². The van der Waals surface area contributed by atoms with Gasteiger partial charge in [-0.3, -0.25) is 0 Å². The largest absolute Gasteiger partial charge is 0.492 e. The molecule has 0 atom stereocenters. The molecule has 1 aromatic rings. The average molecular weight is 237 g/mol. The molecule has 17 heavy (non-hydrogen) atoms. The van der Waals surface area contributed by atoms with Gasteiger partial charge in [-0.2, -0.15) is 0 Å². The van der Waals surface area contributed by atoms with Crippen LogP contribution in [0.1, 0.15) is 20.8 Å². The van der Waals surface area contributed by atoms with Gasteiger partial charge < -0.3 is 14.8 Å². The van der Waals surface area contributed by atoms with E-state index in [4.69, 9.17) is 9.47 Å². The van der Waals surface area contributed by atoms with Crippen LogP contribution in [0.25, 0.3) is 0 Å². The van der Waals surface area contributed by atoms with Gasteiger partial charge in [-0.05, 0) is 32.9 Å². The van der Waals surface area contributed by atoms with Gasteiger partial charge in [0.05, 0.1) is 19.4 Å². The van der Waals surface area contributed by atoms with Crippen molar-refractivity contribution in [2.45, 2.75) is 26.3 Å². The molecule has 0 amide bonds. The van der Waals surface area contributed by atoms with Crippen molar-refractivity contribution in [3.63, 3.8) is 0 Å². The van der Waals surface area contributed by atoms with Crippen LogP contribution in [0.4, 0.5) is 5.69 Å². The van der Waals surface area contributed by atoms with Crippen molar-refractivity contribution >= 4 is 11.7 Å². The molecule has 4 nitrogen and oxygen atoms in total. The molecule has 0 aromatic heterocycles. The second-order valence-corrected chi connectivity index (χ2v) is 4.17. The van der Waals surface area contributed by atoms with Crippen molar-refractivity contribution in [2.24, 2.45) is 0 Å². The number of carbonyl (C=O) groups excluding carboxylic acids is 1. The lowest BCUT2D eigenvalue weighted by atomic mass is 10.1. The molecule has 0 fully saturated rings. The first-order valence-corrected chi connectivity index (χ1v) is 5.59. The Kier molecular flexibility index (Phi) is 4.37. The van der Waals surface area contributed by atoms with Crippen molar-refractivity contribution in [1.82, 2.24) is 0 Å². The van der Waals surface area contributed by atoms with Gasteiger partial charge in [0, 0.05) is 0 Å². The predicted molar refractivity (Wildman–Crippen MR) is 67.3 cm³/mol. The molecule has 1 rings (SSSR count). The second-order valence-electron chi connectivity index (χ2n) is 4.17. The zero-order valence-corrected chi connectivity index (χ0v) is 10.7. The van der Waals surface area contributed by atoms with Gasteiger partial charge in [0.1, 0.15) is 11.3 Å². The van der Waals surface area contributed by atoms with Crippen LogP contribution < -0.4 is 10.1 Å². The molecule has 0 radical (unpaired) electrons. The maximum absolute atomic E-state index is 11.6. The Morgan fingerprint density at radius 2 is 2.00 bits per heavy atom. The number of anilines is 1. The van der Waals surface area contributed by atoms with E-state index in [1.165, 1.54) is 7.11 Å². The van der Waals surface area contributed by atoms with Gasteiger partial charge in [0.2, 0.25) is 0 Å². The monoisotopic (exact) mass is 237 g/mol. The van der Waals surface area contributed by atoms with Crippen LogP contribution in [0, 0.1) is 0 Å². The summed E-state index contributed by atoms with van der Waals surface area (Å²) in [4.78, 5) is 11.6. The number of para-hydroxylation sites is 2.